The van der Waals surface area contributed by atoms with E-state index in [4.69, 9.17) is 10.00 Å². The molecule has 0 amide bonds. The van der Waals surface area contributed by atoms with E-state index in [0.717, 1.165) is 18.2 Å². The highest BCUT2D eigenvalue weighted by atomic mass is 19.4. The predicted octanol–water partition coefficient (Wildman–Crippen LogP) is 6.10. The number of piperidine rings is 1. The van der Waals surface area contributed by atoms with Crippen molar-refractivity contribution in [1.29, 1.82) is 5.26 Å². The van der Waals surface area contributed by atoms with Gasteiger partial charge in [-0.25, -0.2) is 8.78 Å². The summed E-state index contributed by atoms with van der Waals surface area (Å²) in [6, 6.07) is 13.8. The Balaban J connectivity index is 1.59. The summed E-state index contributed by atoms with van der Waals surface area (Å²) in [4.78, 5) is 6.48. The Bertz CT molecular complexity index is 1260. The number of hydrogen-bond donors (Lipinski definition) is 0. The Kier molecular flexibility index (Phi) is 7.38. The van der Waals surface area contributed by atoms with Gasteiger partial charge in [-0.2, -0.15) is 18.4 Å². The van der Waals surface area contributed by atoms with Crippen molar-refractivity contribution in [2.75, 3.05) is 26.7 Å². The molecule has 1 saturated heterocycles. The molecular weight excluding hydrogens is 477 g/mol. The number of nitriles is 1. The van der Waals surface area contributed by atoms with Crippen LogP contribution in [0, 0.1) is 23.0 Å². The van der Waals surface area contributed by atoms with E-state index in [9.17, 15) is 22.0 Å². The molecule has 0 unspecified atom stereocenters. The van der Waals surface area contributed by atoms with Gasteiger partial charge in [0.2, 0.25) is 0 Å². The second-order valence-corrected chi connectivity index (χ2v) is 9.12. The lowest BCUT2D eigenvalue weighted by Gasteiger charge is -2.41. The van der Waals surface area contributed by atoms with Gasteiger partial charge in [0.05, 0.1) is 41.8 Å². The van der Waals surface area contributed by atoms with E-state index in [0.29, 0.717) is 42.6 Å². The third-order valence-electron chi connectivity index (χ3n) is 6.62. The molecule has 0 radical (unpaired) electrons. The highest BCUT2D eigenvalue weighted by Crippen LogP contribution is 2.37. The van der Waals surface area contributed by atoms with Crippen molar-refractivity contribution in [3.8, 4) is 17.3 Å². The second-order valence-electron chi connectivity index (χ2n) is 9.12. The zero-order chi connectivity index (χ0) is 25.9. The number of nitrogens with zero attached hydrogens (tertiary/aromatic N) is 3. The lowest BCUT2D eigenvalue weighted by molar-refractivity contribution is -0.137. The van der Waals surface area contributed by atoms with Crippen molar-refractivity contribution in [3.05, 3.63) is 88.6 Å². The molecule has 36 heavy (non-hydrogen) atoms. The van der Waals surface area contributed by atoms with Crippen LogP contribution in [-0.4, -0.2) is 36.6 Å². The first-order valence-electron chi connectivity index (χ1n) is 11.4. The average Bonchev–Trinajstić information content (AvgIpc) is 2.86. The number of alkyl halides is 3. The van der Waals surface area contributed by atoms with Crippen LogP contribution in [0.4, 0.5) is 22.0 Å². The summed E-state index contributed by atoms with van der Waals surface area (Å²) in [5.41, 5.74) is 0.179. The van der Waals surface area contributed by atoms with Crippen LogP contribution in [0.1, 0.15) is 35.2 Å². The van der Waals surface area contributed by atoms with Crippen molar-refractivity contribution in [3.63, 3.8) is 0 Å². The molecule has 1 aliphatic rings. The van der Waals surface area contributed by atoms with Gasteiger partial charge in [0.1, 0.15) is 0 Å². The number of rotatable bonds is 6. The average molecular weight is 501 g/mol. The number of likely N-dealkylation sites (tertiary alicyclic amines) is 1. The Hall–Kier alpha value is -3.35. The second kappa shape index (κ2) is 10.3. The predicted molar refractivity (Wildman–Crippen MR) is 124 cm³/mol. The molecule has 1 aromatic heterocycles. The number of halogens is 5. The number of ether oxygens (including phenoxy) is 1. The molecule has 2 aromatic carbocycles. The third kappa shape index (κ3) is 5.72. The molecule has 0 bridgehead atoms. The fourth-order valence-electron chi connectivity index (χ4n) is 4.43. The van der Waals surface area contributed by atoms with E-state index in [1.165, 1.54) is 18.2 Å². The molecule has 4 rings (SSSR count). The lowest BCUT2D eigenvalue weighted by Crippen LogP contribution is -2.44. The molecule has 0 N–H and O–H groups in total. The molecule has 0 saturated carbocycles. The van der Waals surface area contributed by atoms with Crippen molar-refractivity contribution < 1.29 is 26.7 Å². The fourth-order valence-corrected chi connectivity index (χ4v) is 4.43. The maximum atomic E-state index is 14.0. The van der Waals surface area contributed by atoms with Crippen LogP contribution in [0.25, 0.3) is 11.3 Å². The Morgan fingerprint density at radius 3 is 2.31 bits per heavy atom. The minimum atomic E-state index is -4.58. The molecule has 9 heteroatoms. The number of hydrogen-bond acceptors (Lipinski definition) is 4. The lowest BCUT2D eigenvalue weighted by atomic mass is 9.73. The van der Waals surface area contributed by atoms with Gasteiger partial charge in [0, 0.05) is 11.0 Å². The molecule has 3 aromatic rings. The Labute approximate surface area is 206 Å². The Morgan fingerprint density at radius 1 is 1.00 bits per heavy atom. The summed E-state index contributed by atoms with van der Waals surface area (Å²) in [5, 5.41) is 8.97. The number of aromatic nitrogens is 1. The molecule has 0 aliphatic carbocycles. The van der Waals surface area contributed by atoms with Crippen LogP contribution in [0.3, 0.4) is 0 Å². The molecule has 0 atom stereocenters. The van der Waals surface area contributed by atoms with E-state index in [2.05, 4.69) is 9.88 Å². The minimum Gasteiger partial charge on any atom is -0.374 e. The van der Waals surface area contributed by atoms with Gasteiger partial charge in [-0.15, -0.1) is 0 Å². The third-order valence-corrected chi connectivity index (χ3v) is 6.62. The number of pyridine rings is 1. The van der Waals surface area contributed by atoms with E-state index >= 15 is 0 Å². The topological polar surface area (TPSA) is 49.1 Å². The van der Waals surface area contributed by atoms with Gasteiger partial charge >= 0.3 is 6.18 Å². The summed E-state index contributed by atoms with van der Waals surface area (Å²) in [6.45, 7) is 1.37. The minimum absolute atomic E-state index is 0.0950. The van der Waals surface area contributed by atoms with Gasteiger partial charge < -0.3 is 9.64 Å². The maximum absolute atomic E-state index is 14.0. The summed E-state index contributed by atoms with van der Waals surface area (Å²) < 4.78 is 74.3. The Morgan fingerprint density at radius 2 is 1.69 bits per heavy atom. The first-order valence-corrected chi connectivity index (χ1v) is 11.4. The first-order chi connectivity index (χ1) is 17.1. The molecule has 188 valence electrons. The van der Waals surface area contributed by atoms with E-state index in [1.54, 1.807) is 18.2 Å². The maximum Gasteiger partial charge on any atom is 0.416 e. The SMILES string of the molecule is CN1CCC(COCc2cc(C(F)(F)F)cc(-c3ccc(C#N)cc3)n2)(c2ccc(F)c(F)c2)CC1. The quantitative estimate of drug-likeness (QED) is 0.383. The molecule has 1 fully saturated rings. The molecule has 2 heterocycles. The van der Waals surface area contributed by atoms with Crippen LogP contribution in [0.15, 0.2) is 54.6 Å². The van der Waals surface area contributed by atoms with Gasteiger partial charge in [-0.1, -0.05) is 18.2 Å². The number of benzene rings is 2. The summed E-state index contributed by atoms with van der Waals surface area (Å²) in [6.07, 6.45) is -3.33. The van der Waals surface area contributed by atoms with E-state index in [-0.39, 0.29) is 24.6 Å². The summed E-state index contributed by atoms with van der Waals surface area (Å²) in [5.74, 6) is -1.89. The monoisotopic (exact) mass is 501 g/mol. The molecule has 1 aliphatic heterocycles. The van der Waals surface area contributed by atoms with E-state index in [1.807, 2.05) is 13.1 Å². The van der Waals surface area contributed by atoms with Gasteiger partial charge in [0.25, 0.3) is 0 Å². The van der Waals surface area contributed by atoms with Crippen LogP contribution in [-0.2, 0) is 22.9 Å². The molecule has 0 spiro atoms. The smallest absolute Gasteiger partial charge is 0.374 e. The van der Waals surface area contributed by atoms with E-state index < -0.39 is 28.8 Å². The van der Waals surface area contributed by atoms with Gasteiger partial charge in [-0.3, -0.25) is 4.98 Å². The van der Waals surface area contributed by atoms with Crippen LogP contribution in [0.5, 0.6) is 0 Å². The largest absolute Gasteiger partial charge is 0.416 e. The van der Waals surface area contributed by atoms with Gasteiger partial charge in [-0.05, 0) is 74.9 Å². The van der Waals surface area contributed by atoms with Gasteiger partial charge in [0.15, 0.2) is 11.6 Å². The zero-order valence-corrected chi connectivity index (χ0v) is 19.6. The highest BCUT2D eigenvalue weighted by Gasteiger charge is 2.37. The van der Waals surface area contributed by atoms with Crippen molar-refractivity contribution in [1.82, 2.24) is 9.88 Å². The molecule has 4 nitrogen and oxygen atoms in total. The zero-order valence-electron chi connectivity index (χ0n) is 19.6. The van der Waals surface area contributed by atoms with Crippen molar-refractivity contribution in [2.45, 2.75) is 31.0 Å². The van der Waals surface area contributed by atoms with Crippen LogP contribution in [0.2, 0.25) is 0 Å². The standard InChI is InChI=1S/C27H24F5N3O/c1-35-10-8-26(9-11-35,20-6-7-23(28)24(29)13-20)17-36-16-22-12-21(27(30,31)32)14-25(34-22)19-4-2-18(15-33)3-5-19/h2-7,12-14H,8-11,16-17H2,1H3. The fraction of sp³-hybridized carbons (Fsp3) is 0.333. The van der Waals surface area contributed by atoms with Crippen molar-refractivity contribution in [2.24, 2.45) is 0 Å². The highest BCUT2D eigenvalue weighted by molar-refractivity contribution is 5.61. The van der Waals surface area contributed by atoms with Crippen LogP contribution < -0.4 is 0 Å². The normalized spacial score (nSPS) is 16.0. The van der Waals surface area contributed by atoms with Crippen molar-refractivity contribution >= 4 is 0 Å². The van der Waals surface area contributed by atoms with Crippen LogP contribution >= 0.6 is 0 Å². The molecular formula is C27H24F5N3O. The summed E-state index contributed by atoms with van der Waals surface area (Å²) in [7, 11) is 1.97. The first kappa shape index (κ1) is 25.7. The summed E-state index contributed by atoms with van der Waals surface area (Å²) >= 11 is 0.